The lowest BCUT2D eigenvalue weighted by Crippen LogP contribution is -2.33. The number of anilines is 1. The molecule has 1 atom stereocenters. The van der Waals surface area contributed by atoms with Crippen molar-refractivity contribution in [3.05, 3.63) is 29.8 Å². The minimum atomic E-state index is -0.841. The van der Waals surface area contributed by atoms with Gasteiger partial charge in [0.15, 0.2) is 0 Å². The third kappa shape index (κ3) is 5.64. The van der Waals surface area contributed by atoms with E-state index in [-0.39, 0.29) is 30.7 Å². The van der Waals surface area contributed by atoms with Crippen LogP contribution in [0, 0.1) is 0 Å². The lowest BCUT2D eigenvalue weighted by atomic mass is 9.98. The Kier molecular flexibility index (Phi) is 5.90. The molecule has 1 rings (SSSR count). The first-order valence-electron chi connectivity index (χ1n) is 6.63. The third-order valence-corrected chi connectivity index (χ3v) is 3.16. The molecule has 2 N–H and O–H groups in total. The number of benzene rings is 1. The van der Waals surface area contributed by atoms with Gasteiger partial charge in [0.1, 0.15) is 0 Å². The molecule has 6 heteroatoms. The number of likely N-dealkylation sites (N-methyl/N-ethyl adjacent to an activating group) is 1. The topological polar surface area (TPSA) is 86.7 Å². The number of amides is 2. The molecule has 114 valence electrons. The van der Waals surface area contributed by atoms with E-state index in [9.17, 15) is 14.4 Å². The average Bonchev–Trinajstić information content (AvgIpc) is 2.38. The predicted octanol–water partition coefficient (Wildman–Crippen LogP) is 1.68. The van der Waals surface area contributed by atoms with Crippen molar-refractivity contribution in [1.82, 2.24) is 4.90 Å². The van der Waals surface area contributed by atoms with E-state index < -0.39 is 5.97 Å². The van der Waals surface area contributed by atoms with Gasteiger partial charge in [-0.25, -0.2) is 0 Å². The number of carboxylic acid groups (broad SMARTS) is 1. The number of rotatable bonds is 6. The number of nitrogens with zero attached hydrogens (tertiary/aromatic N) is 1. The van der Waals surface area contributed by atoms with E-state index in [1.54, 1.807) is 31.3 Å². The molecule has 0 fully saturated rings. The van der Waals surface area contributed by atoms with Crippen LogP contribution in [0.2, 0.25) is 0 Å². The smallest absolute Gasteiger partial charge is 0.303 e. The Morgan fingerprint density at radius 1 is 1.24 bits per heavy atom. The maximum Gasteiger partial charge on any atom is 0.303 e. The summed E-state index contributed by atoms with van der Waals surface area (Å²) in [5.74, 6) is -1.38. The molecule has 6 nitrogen and oxygen atoms in total. The van der Waals surface area contributed by atoms with Gasteiger partial charge in [0.2, 0.25) is 11.8 Å². The highest BCUT2D eigenvalue weighted by molar-refractivity contribution is 5.94. The lowest BCUT2D eigenvalue weighted by Gasteiger charge is -2.15. The van der Waals surface area contributed by atoms with E-state index >= 15 is 0 Å². The number of carbonyl (C=O) groups excluding carboxylic acids is 2. The van der Waals surface area contributed by atoms with Crippen LogP contribution in [-0.2, 0) is 14.4 Å². The molecule has 0 aliphatic heterocycles. The van der Waals surface area contributed by atoms with Gasteiger partial charge in [0, 0.05) is 19.7 Å². The Morgan fingerprint density at radius 2 is 1.81 bits per heavy atom. The maximum atomic E-state index is 11.7. The first-order valence-corrected chi connectivity index (χ1v) is 6.63. The summed E-state index contributed by atoms with van der Waals surface area (Å²) < 4.78 is 0. The van der Waals surface area contributed by atoms with Crippen molar-refractivity contribution in [2.45, 2.75) is 26.2 Å². The van der Waals surface area contributed by atoms with Crippen molar-refractivity contribution in [2.24, 2.45) is 0 Å². The first kappa shape index (κ1) is 16.7. The van der Waals surface area contributed by atoms with Crippen LogP contribution in [0.1, 0.15) is 31.7 Å². The summed E-state index contributed by atoms with van der Waals surface area (Å²) >= 11 is 0. The van der Waals surface area contributed by atoms with Gasteiger partial charge in [-0.2, -0.15) is 0 Å². The fourth-order valence-corrected chi connectivity index (χ4v) is 1.80. The fraction of sp³-hybridized carbons (Fsp3) is 0.400. The summed E-state index contributed by atoms with van der Waals surface area (Å²) in [6.07, 6.45) is 0.0646. The van der Waals surface area contributed by atoms with E-state index in [4.69, 9.17) is 5.11 Å². The highest BCUT2D eigenvalue weighted by atomic mass is 16.4. The number of hydrogen-bond donors (Lipinski definition) is 2. The molecule has 0 heterocycles. The molecule has 0 radical (unpaired) electrons. The molecule has 1 aromatic rings. The summed E-state index contributed by atoms with van der Waals surface area (Å²) in [6.45, 7) is 3.22. The van der Waals surface area contributed by atoms with Gasteiger partial charge in [0.25, 0.3) is 0 Å². The van der Waals surface area contributed by atoms with Crippen molar-refractivity contribution in [1.29, 1.82) is 0 Å². The fourth-order valence-electron chi connectivity index (χ4n) is 1.80. The van der Waals surface area contributed by atoms with E-state index in [1.807, 2.05) is 6.92 Å². The number of hydrogen-bond acceptors (Lipinski definition) is 3. The largest absolute Gasteiger partial charge is 0.481 e. The van der Waals surface area contributed by atoms with Crippen LogP contribution < -0.4 is 5.32 Å². The van der Waals surface area contributed by atoms with Gasteiger partial charge >= 0.3 is 5.97 Å². The Labute approximate surface area is 123 Å². The van der Waals surface area contributed by atoms with Gasteiger partial charge in [-0.05, 0) is 23.6 Å². The average molecular weight is 292 g/mol. The van der Waals surface area contributed by atoms with Crippen LogP contribution in [0.3, 0.4) is 0 Å². The second-order valence-electron chi connectivity index (χ2n) is 5.04. The predicted molar refractivity (Wildman–Crippen MR) is 79.1 cm³/mol. The van der Waals surface area contributed by atoms with Crippen molar-refractivity contribution < 1.29 is 19.5 Å². The molecule has 0 spiro atoms. The van der Waals surface area contributed by atoms with Crippen LogP contribution in [0.5, 0.6) is 0 Å². The molecule has 21 heavy (non-hydrogen) atoms. The normalized spacial score (nSPS) is 11.6. The summed E-state index contributed by atoms with van der Waals surface area (Å²) in [4.78, 5) is 34.7. The Bertz CT molecular complexity index is 525. The highest BCUT2D eigenvalue weighted by Gasteiger charge is 2.11. The van der Waals surface area contributed by atoms with Crippen LogP contribution in [-0.4, -0.2) is 41.4 Å². The first-order chi connectivity index (χ1) is 9.79. The van der Waals surface area contributed by atoms with E-state index in [0.29, 0.717) is 5.69 Å². The molecule has 2 amide bonds. The Hall–Kier alpha value is -2.37. The van der Waals surface area contributed by atoms with Crippen molar-refractivity contribution >= 4 is 23.5 Å². The molecule has 1 aromatic carbocycles. The van der Waals surface area contributed by atoms with Gasteiger partial charge in [-0.15, -0.1) is 0 Å². The van der Waals surface area contributed by atoms with Gasteiger partial charge in [-0.1, -0.05) is 19.1 Å². The van der Waals surface area contributed by atoms with Gasteiger partial charge < -0.3 is 15.3 Å². The number of nitrogens with one attached hydrogen (secondary N) is 1. The minimum Gasteiger partial charge on any atom is -0.481 e. The van der Waals surface area contributed by atoms with E-state index in [2.05, 4.69) is 5.32 Å². The summed E-state index contributed by atoms with van der Waals surface area (Å²) in [5, 5.41) is 11.4. The molecular weight excluding hydrogens is 272 g/mol. The quantitative estimate of drug-likeness (QED) is 0.835. The standard InChI is InChI=1S/C15H20N2O4/c1-10(8-15(20)21)12-4-6-13(7-5-12)16-14(19)9-17(3)11(2)18/h4-7,10H,8-9H2,1-3H3,(H,16,19)(H,20,21). The van der Waals surface area contributed by atoms with Crippen LogP contribution in [0.25, 0.3) is 0 Å². The second-order valence-corrected chi connectivity index (χ2v) is 5.04. The van der Waals surface area contributed by atoms with Crippen molar-refractivity contribution in [3.63, 3.8) is 0 Å². The van der Waals surface area contributed by atoms with E-state index in [1.165, 1.54) is 11.8 Å². The third-order valence-electron chi connectivity index (χ3n) is 3.16. The molecule has 0 aliphatic rings. The SMILES string of the molecule is CC(=O)N(C)CC(=O)Nc1ccc(C(C)CC(=O)O)cc1. The minimum absolute atomic E-state index is 0.00744. The van der Waals surface area contributed by atoms with Crippen LogP contribution in [0.15, 0.2) is 24.3 Å². The highest BCUT2D eigenvalue weighted by Crippen LogP contribution is 2.20. The van der Waals surface area contributed by atoms with Crippen molar-refractivity contribution in [3.8, 4) is 0 Å². The zero-order valence-corrected chi connectivity index (χ0v) is 12.4. The molecule has 0 bridgehead atoms. The summed E-state index contributed by atoms with van der Waals surface area (Å²) in [6, 6.07) is 7.02. The molecule has 0 aliphatic carbocycles. The van der Waals surface area contributed by atoms with Crippen LogP contribution in [0.4, 0.5) is 5.69 Å². The number of carboxylic acids is 1. The zero-order valence-electron chi connectivity index (χ0n) is 12.4. The second kappa shape index (κ2) is 7.42. The molecule has 0 saturated carbocycles. The van der Waals surface area contributed by atoms with E-state index in [0.717, 1.165) is 5.56 Å². The lowest BCUT2D eigenvalue weighted by molar-refractivity contribution is -0.137. The Balaban J connectivity index is 2.60. The monoisotopic (exact) mass is 292 g/mol. The number of aliphatic carboxylic acids is 1. The Morgan fingerprint density at radius 3 is 2.29 bits per heavy atom. The maximum absolute atomic E-state index is 11.7. The zero-order chi connectivity index (χ0) is 16.0. The molecule has 0 saturated heterocycles. The molecule has 0 aromatic heterocycles. The van der Waals surface area contributed by atoms with Crippen LogP contribution >= 0.6 is 0 Å². The number of carbonyl (C=O) groups is 3. The molecular formula is C15H20N2O4. The summed E-state index contributed by atoms with van der Waals surface area (Å²) in [5.41, 5.74) is 1.51. The van der Waals surface area contributed by atoms with Gasteiger partial charge in [-0.3, -0.25) is 14.4 Å². The summed E-state index contributed by atoms with van der Waals surface area (Å²) in [7, 11) is 1.55. The molecule has 1 unspecified atom stereocenters. The van der Waals surface area contributed by atoms with Crippen molar-refractivity contribution in [2.75, 3.05) is 18.9 Å². The van der Waals surface area contributed by atoms with Gasteiger partial charge in [0.05, 0.1) is 13.0 Å².